The van der Waals surface area contributed by atoms with Crippen LogP contribution in [0.3, 0.4) is 0 Å². The molecule has 189 valence electrons. The van der Waals surface area contributed by atoms with Crippen molar-refractivity contribution < 1.29 is 20.1 Å². The topological polar surface area (TPSA) is 30.7 Å². The molecular formula is C35H24IrN3-. The van der Waals surface area contributed by atoms with Gasteiger partial charge in [-0.1, -0.05) is 68.4 Å². The normalized spacial score (nSPS) is 13.4. The molecule has 0 fully saturated rings. The van der Waals surface area contributed by atoms with Crippen LogP contribution in [0.1, 0.15) is 25.0 Å². The van der Waals surface area contributed by atoms with Crippen molar-refractivity contribution in [2.45, 2.75) is 19.3 Å². The number of fused-ring (bicyclic) bond motifs is 6. The van der Waals surface area contributed by atoms with Crippen molar-refractivity contribution in [1.82, 2.24) is 14.5 Å². The summed E-state index contributed by atoms with van der Waals surface area (Å²) in [6.07, 6.45) is 3.78. The van der Waals surface area contributed by atoms with Crippen LogP contribution < -0.4 is 0 Å². The first-order valence-corrected chi connectivity index (χ1v) is 13.0. The van der Waals surface area contributed by atoms with E-state index >= 15 is 0 Å². The van der Waals surface area contributed by atoms with E-state index in [-0.39, 0.29) is 25.5 Å². The zero-order valence-electron chi connectivity index (χ0n) is 21.6. The molecule has 3 nitrogen and oxygen atoms in total. The van der Waals surface area contributed by atoms with E-state index in [4.69, 9.17) is 9.97 Å². The van der Waals surface area contributed by atoms with Crippen LogP contribution in [0.4, 0.5) is 0 Å². The van der Waals surface area contributed by atoms with Crippen LogP contribution in [-0.2, 0) is 25.5 Å². The first kappa shape index (κ1) is 24.0. The first-order valence-electron chi connectivity index (χ1n) is 13.0. The average molecular weight is 679 g/mol. The second-order valence-corrected chi connectivity index (χ2v) is 10.6. The van der Waals surface area contributed by atoms with Gasteiger partial charge < -0.3 is 4.98 Å². The molecule has 0 unspecified atom stereocenters. The van der Waals surface area contributed by atoms with Gasteiger partial charge in [0, 0.05) is 54.2 Å². The molecule has 0 saturated heterocycles. The molecule has 1 aliphatic heterocycles. The van der Waals surface area contributed by atoms with Gasteiger partial charge >= 0.3 is 0 Å². The van der Waals surface area contributed by atoms with Crippen molar-refractivity contribution in [3.8, 4) is 28.2 Å². The third kappa shape index (κ3) is 3.39. The molecule has 1 radical (unpaired) electrons. The van der Waals surface area contributed by atoms with Gasteiger partial charge in [-0.25, -0.2) is 4.98 Å². The second-order valence-electron chi connectivity index (χ2n) is 10.6. The molecule has 0 saturated carbocycles. The largest absolute Gasteiger partial charge is 0.304 e. The van der Waals surface area contributed by atoms with Gasteiger partial charge in [0.1, 0.15) is 5.82 Å². The Labute approximate surface area is 240 Å². The molecule has 0 N–H and O–H groups in total. The minimum Gasteiger partial charge on any atom is -0.304 e. The van der Waals surface area contributed by atoms with E-state index in [2.05, 4.69) is 109 Å². The number of pyridine rings is 2. The zero-order valence-corrected chi connectivity index (χ0v) is 24.0. The molecule has 4 heteroatoms. The van der Waals surface area contributed by atoms with Crippen LogP contribution in [0.5, 0.6) is 0 Å². The number of rotatable bonds is 2. The van der Waals surface area contributed by atoms with Crippen molar-refractivity contribution >= 4 is 32.6 Å². The Morgan fingerprint density at radius 3 is 2.44 bits per heavy atom. The van der Waals surface area contributed by atoms with Gasteiger partial charge in [0.2, 0.25) is 0 Å². The van der Waals surface area contributed by atoms with Crippen molar-refractivity contribution in [1.29, 1.82) is 0 Å². The molecular weight excluding hydrogens is 655 g/mol. The number of nitrogens with zero attached hydrogens (tertiary/aromatic N) is 3. The van der Waals surface area contributed by atoms with Gasteiger partial charge in [-0.05, 0) is 51.9 Å². The van der Waals surface area contributed by atoms with E-state index in [1.54, 1.807) is 0 Å². The van der Waals surface area contributed by atoms with Gasteiger partial charge in [-0.15, -0.1) is 35.4 Å². The van der Waals surface area contributed by atoms with E-state index < -0.39 is 0 Å². The number of aromatic nitrogens is 3. The number of para-hydroxylation sites is 1. The fourth-order valence-corrected chi connectivity index (χ4v) is 6.30. The summed E-state index contributed by atoms with van der Waals surface area (Å²) >= 11 is 0. The van der Waals surface area contributed by atoms with E-state index in [9.17, 15) is 0 Å². The SMILES string of the molecule is CC1(C)c2cccnc2-n2c3ccc(-c4cc[c-]c(-c5nccc6ccccc56)c4)cc3c3cccc1c32.[Ir]. The maximum Gasteiger partial charge on any atom is 0.141 e. The van der Waals surface area contributed by atoms with Crippen LogP contribution in [0, 0.1) is 6.07 Å². The number of benzene rings is 4. The molecule has 0 atom stereocenters. The Hall–Kier alpha value is -4.11. The van der Waals surface area contributed by atoms with Crippen molar-refractivity contribution in [3.05, 3.63) is 127 Å². The third-order valence-corrected chi connectivity index (χ3v) is 8.20. The molecule has 4 heterocycles. The fraction of sp³-hybridized carbons (Fsp3) is 0.0857. The monoisotopic (exact) mass is 679 g/mol. The average Bonchev–Trinajstić information content (AvgIpc) is 3.30. The van der Waals surface area contributed by atoms with Gasteiger partial charge in [0.05, 0.1) is 11.0 Å². The fourth-order valence-electron chi connectivity index (χ4n) is 6.30. The molecule has 1 aliphatic rings. The van der Waals surface area contributed by atoms with Crippen molar-refractivity contribution in [3.63, 3.8) is 0 Å². The smallest absolute Gasteiger partial charge is 0.141 e. The summed E-state index contributed by atoms with van der Waals surface area (Å²) in [6, 6.07) is 38.0. The summed E-state index contributed by atoms with van der Waals surface area (Å²) in [5.41, 5.74) is 9.22. The number of hydrogen-bond donors (Lipinski definition) is 0. The Morgan fingerprint density at radius 1 is 0.692 bits per heavy atom. The summed E-state index contributed by atoms with van der Waals surface area (Å²) in [6.45, 7) is 4.61. The van der Waals surface area contributed by atoms with Crippen LogP contribution in [0.2, 0.25) is 0 Å². The molecule has 4 aromatic carbocycles. The Morgan fingerprint density at radius 2 is 1.51 bits per heavy atom. The van der Waals surface area contributed by atoms with Crippen LogP contribution >= 0.6 is 0 Å². The quantitative estimate of drug-likeness (QED) is 0.172. The molecule has 0 bridgehead atoms. The Kier molecular flexibility index (Phi) is 5.35. The predicted molar refractivity (Wildman–Crippen MR) is 156 cm³/mol. The maximum atomic E-state index is 4.86. The minimum atomic E-state index is -0.119. The van der Waals surface area contributed by atoms with E-state index in [1.807, 2.05) is 24.5 Å². The number of hydrogen-bond acceptors (Lipinski definition) is 2. The van der Waals surface area contributed by atoms with Gasteiger partial charge in [0.15, 0.2) is 0 Å². The maximum absolute atomic E-state index is 4.86. The van der Waals surface area contributed by atoms with E-state index in [0.29, 0.717) is 0 Å². The summed E-state index contributed by atoms with van der Waals surface area (Å²) in [7, 11) is 0. The summed E-state index contributed by atoms with van der Waals surface area (Å²) < 4.78 is 2.36. The summed E-state index contributed by atoms with van der Waals surface area (Å²) in [5.74, 6) is 1.03. The molecule has 0 aliphatic carbocycles. The van der Waals surface area contributed by atoms with Gasteiger partial charge in [-0.3, -0.25) is 4.57 Å². The molecule has 3 aromatic heterocycles. The van der Waals surface area contributed by atoms with Crippen molar-refractivity contribution in [2.24, 2.45) is 0 Å². The predicted octanol–water partition coefficient (Wildman–Crippen LogP) is 8.50. The molecule has 0 spiro atoms. The van der Waals surface area contributed by atoms with Crippen LogP contribution in [0.25, 0.3) is 60.8 Å². The summed E-state index contributed by atoms with van der Waals surface area (Å²) in [5, 5.41) is 4.83. The zero-order chi connectivity index (χ0) is 25.4. The van der Waals surface area contributed by atoms with E-state index in [0.717, 1.165) is 28.0 Å². The summed E-state index contributed by atoms with van der Waals surface area (Å²) in [4.78, 5) is 9.59. The van der Waals surface area contributed by atoms with Crippen LogP contribution in [-0.4, -0.2) is 14.5 Å². The molecule has 39 heavy (non-hydrogen) atoms. The molecule has 7 aromatic rings. The Balaban J connectivity index is 0.00000253. The van der Waals surface area contributed by atoms with Gasteiger partial charge in [-0.2, -0.15) is 0 Å². The standard InChI is InChI=1S/C35H24N3.Ir/c1-35(2)29-13-6-12-27-28-21-24(15-16-31(28)38(33(27)29)34-30(35)14-7-18-37-34)23-9-5-10-25(20-23)32-26-11-4-3-8-22(26)17-19-36-32;/h3-9,11-21H,1-2H3;/q-1;. The van der Waals surface area contributed by atoms with Crippen LogP contribution in [0.15, 0.2) is 109 Å². The third-order valence-electron chi connectivity index (χ3n) is 8.20. The minimum absolute atomic E-state index is 0. The van der Waals surface area contributed by atoms with Crippen molar-refractivity contribution in [2.75, 3.05) is 0 Å². The second kappa shape index (κ2) is 8.71. The molecule has 8 rings (SSSR count). The van der Waals surface area contributed by atoms with Gasteiger partial charge in [0.25, 0.3) is 0 Å². The van der Waals surface area contributed by atoms with E-state index in [1.165, 1.54) is 43.9 Å². The molecule has 0 amide bonds. The first-order chi connectivity index (χ1) is 18.6. The Bertz CT molecular complexity index is 2060.